The zero-order valence-corrected chi connectivity index (χ0v) is 9.18. The van der Waals surface area contributed by atoms with Crippen LogP contribution in [0.1, 0.15) is 23.7 Å². The van der Waals surface area contributed by atoms with Crippen molar-refractivity contribution < 1.29 is 15.0 Å². The van der Waals surface area contributed by atoms with E-state index in [4.69, 9.17) is 5.11 Å². The Morgan fingerprint density at radius 3 is 2.75 bits per heavy atom. The Kier molecular flexibility index (Phi) is 2.73. The van der Waals surface area contributed by atoms with E-state index in [1.165, 1.54) is 18.2 Å². The number of amides is 1. The van der Waals surface area contributed by atoms with E-state index in [1.807, 2.05) is 0 Å². The monoisotopic (exact) mass is 221 g/mol. The minimum atomic E-state index is -0.165. The van der Waals surface area contributed by atoms with Gasteiger partial charge in [-0.3, -0.25) is 4.79 Å². The number of hydrogen-bond acceptors (Lipinski definition) is 3. The number of aromatic hydroxyl groups is 2. The number of nitrogens with zero attached hydrogens (tertiary/aromatic N) is 1. The summed E-state index contributed by atoms with van der Waals surface area (Å²) in [5.74, 6) is 0.151. The van der Waals surface area contributed by atoms with Crippen LogP contribution in [0.4, 0.5) is 0 Å². The number of phenols is 2. The van der Waals surface area contributed by atoms with Crippen LogP contribution >= 0.6 is 0 Å². The predicted octanol–water partition coefficient (Wildman–Crippen LogP) is 1.58. The van der Waals surface area contributed by atoms with Crippen LogP contribution in [-0.4, -0.2) is 34.1 Å². The maximum absolute atomic E-state index is 12.0. The first-order chi connectivity index (χ1) is 7.58. The average Bonchev–Trinajstić information content (AvgIpc) is 2.64. The van der Waals surface area contributed by atoms with Gasteiger partial charge in [0.05, 0.1) is 5.56 Å². The predicted molar refractivity (Wildman–Crippen MR) is 59.5 cm³/mol. The van der Waals surface area contributed by atoms with Crippen LogP contribution in [0, 0.1) is 5.92 Å². The molecule has 1 atom stereocenters. The third kappa shape index (κ3) is 1.96. The van der Waals surface area contributed by atoms with Crippen molar-refractivity contribution in [3.63, 3.8) is 0 Å². The van der Waals surface area contributed by atoms with Crippen LogP contribution in [0.3, 0.4) is 0 Å². The fourth-order valence-electron chi connectivity index (χ4n) is 1.99. The summed E-state index contributed by atoms with van der Waals surface area (Å²) in [6.07, 6.45) is 1.00. The molecule has 4 nitrogen and oxygen atoms in total. The number of hydrogen-bond donors (Lipinski definition) is 2. The molecular formula is C12H15NO3. The van der Waals surface area contributed by atoms with E-state index in [1.54, 1.807) is 4.90 Å². The highest BCUT2D eigenvalue weighted by Crippen LogP contribution is 2.26. The second-order valence-corrected chi connectivity index (χ2v) is 4.35. The van der Waals surface area contributed by atoms with E-state index in [-0.39, 0.29) is 23.0 Å². The molecule has 4 heteroatoms. The number of benzene rings is 1. The van der Waals surface area contributed by atoms with Gasteiger partial charge in [-0.15, -0.1) is 0 Å². The van der Waals surface area contributed by atoms with Crippen LogP contribution in [0.15, 0.2) is 18.2 Å². The molecule has 1 aliphatic rings. The molecule has 1 aromatic carbocycles. The topological polar surface area (TPSA) is 60.8 Å². The summed E-state index contributed by atoms with van der Waals surface area (Å²) < 4.78 is 0. The number of rotatable bonds is 1. The lowest BCUT2D eigenvalue weighted by Gasteiger charge is -2.16. The van der Waals surface area contributed by atoms with Gasteiger partial charge in [0.1, 0.15) is 11.5 Å². The molecule has 0 bridgehead atoms. The normalized spacial score (nSPS) is 20.1. The molecule has 86 valence electrons. The molecule has 0 spiro atoms. The summed E-state index contributed by atoms with van der Waals surface area (Å²) in [5.41, 5.74) is 0.256. The first-order valence-corrected chi connectivity index (χ1v) is 5.39. The number of likely N-dealkylation sites (tertiary alicyclic amines) is 1. The Labute approximate surface area is 94.1 Å². The van der Waals surface area contributed by atoms with Gasteiger partial charge >= 0.3 is 0 Å². The van der Waals surface area contributed by atoms with Gasteiger partial charge in [-0.1, -0.05) is 6.92 Å². The van der Waals surface area contributed by atoms with Gasteiger partial charge in [0, 0.05) is 19.2 Å². The maximum atomic E-state index is 12.0. The van der Waals surface area contributed by atoms with Crippen molar-refractivity contribution in [3.8, 4) is 11.5 Å². The lowest BCUT2D eigenvalue weighted by atomic mass is 10.1. The van der Waals surface area contributed by atoms with E-state index in [9.17, 15) is 9.90 Å². The fraction of sp³-hybridized carbons (Fsp3) is 0.417. The van der Waals surface area contributed by atoms with E-state index >= 15 is 0 Å². The summed E-state index contributed by atoms with van der Waals surface area (Å²) in [6.45, 7) is 3.57. The third-order valence-electron chi connectivity index (χ3n) is 2.92. The van der Waals surface area contributed by atoms with Crippen LogP contribution in [0.5, 0.6) is 11.5 Å². The molecule has 1 aliphatic heterocycles. The summed E-state index contributed by atoms with van der Waals surface area (Å²) in [6, 6.07) is 4.05. The molecule has 1 fully saturated rings. The molecule has 1 aromatic rings. The second-order valence-electron chi connectivity index (χ2n) is 4.35. The van der Waals surface area contributed by atoms with E-state index < -0.39 is 0 Å². The Morgan fingerprint density at radius 2 is 2.19 bits per heavy atom. The maximum Gasteiger partial charge on any atom is 0.257 e. The van der Waals surface area contributed by atoms with Crippen molar-refractivity contribution in [1.82, 2.24) is 4.90 Å². The van der Waals surface area contributed by atoms with Gasteiger partial charge in [0.15, 0.2) is 0 Å². The van der Waals surface area contributed by atoms with Gasteiger partial charge in [0.2, 0.25) is 0 Å². The van der Waals surface area contributed by atoms with Gasteiger partial charge in [-0.05, 0) is 24.5 Å². The van der Waals surface area contributed by atoms with Crippen molar-refractivity contribution in [2.75, 3.05) is 13.1 Å². The SMILES string of the molecule is CC1CCN(C(=O)c2ccc(O)cc2O)C1. The molecule has 2 N–H and O–H groups in total. The smallest absolute Gasteiger partial charge is 0.257 e. The Bertz CT molecular complexity index is 417. The van der Waals surface area contributed by atoms with Gasteiger partial charge < -0.3 is 15.1 Å². The molecule has 0 aliphatic carbocycles. The molecular weight excluding hydrogens is 206 g/mol. The summed E-state index contributed by atoms with van der Waals surface area (Å²) in [5, 5.41) is 18.7. The molecule has 1 amide bonds. The van der Waals surface area contributed by atoms with E-state index in [0.717, 1.165) is 19.5 Å². The Hall–Kier alpha value is -1.71. The lowest BCUT2D eigenvalue weighted by molar-refractivity contribution is 0.0785. The molecule has 0 aromatic heterocycles. The highest BCUT2D eigenvalue weighted by molar-refractivity contribution is 5.97. The highest BCUT2D eigenvalue weighted by Gasteiger charge is 2.25. The van der Waals surface area contributed by atoms with Crippen LogP contribution < -0.4 is 0 Å². The van der Waals surface area contributed by atoms with Crippen molar-refractivity contribution >= 4 is 5.91 Å². The number of carbonyl (C=O) groups excluding carboxylic acids is 1. The van der Waals surface area contributed by atoms with E-state index in [2.05, 4.69) is 6.92 Å². The van der Waals surface area contributed by atoms with E-state index in [0.29, 0.717) is 5.92 Å². The van der Waals surface area contributed by atoms with Gasteiger partial charge in [-0.25, -0.2) is 0 Å². The lowest BCUT2D eigenvalue weighted by Crippen LogP contribution is -2.28. The summed E-state index contributed by atoms with van der Waals surface area (Å²) in [4.78, 5) is 13.7. The van der Waals surface area contributed by atoms with Crippen molar-refractivity contribution in [2.24, 2.45) is 5.92 Å². The first kappa shape index (κ1) is 10.8. The zero-order chi connectivity index (χ0) is 11.7. The third-order valence-corrected chi connectivity index (χ3v) is 2.92. The molecule has 0 saturated carbocycles. The van der Waals surface area contributed by atoms with Crippen molar-refractivity contribution in [3.05, 3.63) is 23.8 Å². The molecule has 16 heavy (non-hydrogen) atoms. The van der Waals surface area contributed by atoms with Crippen LogP contribution in [-0.2, 0) is 0 Å². The average molecular weight is 221 g/mol. The highest BCUT2D eigenvalue weighted by atomic mass is 16.3. The van der Waals surface area contributed by atoms with Gasteiger partial charge in [-0.2, -0.15) is 0 Å². The van der Waals surface area contributed by atoms with Crippen LogP contribution in [0.25, 0.3) is 0 Å². The van der Waals surface area contributed by atoms with Crippen LogP contribution in [0.2, 0.25) is 0 Å². The minimum Gasteiger partial charge on any atom is -0.508 e. The Morgan fingerprint density at radius 1 is 1.44 bits per heavy atom. The minimum absolute atomic E-state index is 0.0381. The number of phenolic OH excluding ortho intramolecular Hbond substituents is 2. The quantitative estimate of drug-likeness (QED) is 0.756. The number of carbonyl (C=O) groups is 1. The summed E-state index contributed by atoms with van der Waals surface area (Å²) >= 11 is 0. The first-order valence-electron chi connectivity index (χ1n) is 5.39. The largest absolute Gasteiger partial charge is 0.508 e. The molecule has 1 heterocycles. The zero-order valence-electron chi connectivity index (χ0n) is 9.18. The summed E-state index contributed by atoms with van der Waals surface area (Å²) in [7, 11) is 0. The van der Waals surface area contributed by atoms with Crippen molar-refractivity contribution in [1.29, 1.82) is 0 Å². The molecule has 2 rings (SSSR count). The van der Waals surface area contributed by atoms with Gasteiger partial charge in [0.25, 0.3) is 5.91 Å². The van der Waals surface area contributed by atoms with Crippen molar-refractivity contribution in [2.45, 2.75) is 13.3 Å². The standard InChI is InChI=1S/C12H15NO3/c1-8-4-5-13(7-8)12(16)10-3-2-9(14)6-11(10)15/h2-3,6,8,14-15H,4-5,7H2,1H3. The molecule has 1 saturated heterocycles. The Balaban J connectivity index is 2.21. The fourth-order valence-corrected chi connectivity index (χ4v) is 1.99. The molecule has 1 unspecified atom stereocenters. The second kappa shape index (κ2) is 4.04. The molecule has 0 radical (unpaired) electrons.